The van der Waals surface area contributed by atoms with Crippen molar-refractivity contribution < 1.29 is 28.3 Å². The van der Waals surface area contributed by atoms with Crippen molar-refractivity contribution in [2.75, 3.05) is 13.6 Å². The minimum absolute atomic E-state index is 0.0336. The Hall–Kier alpha value is -3.16. The topological polar surface area (TPSA) is 99.9 Å². The molecule has 0 fully saturated rings. The number of aromatic carboxylic acids is 1. The zero-order valence-corrected chi connectivity index (χ0v) is 14.4. The molecule has 1 heterocycles. The van der Waals surface area contributed by atoms with E-state index in [0.717, 1.165) is 0 Å². The van der Waals surface area contributed by atoms with E-state index in [-0.39, 0.29) is 36.7 Å². The van der Waals surface area contributed by atoms with Gasteiger partial charge in [0.25, 0.3) is 0 Å². The number of halogens is 1. The van der Waals surface area contributed by atoms with Crippen LogP contribution in [-0.2, 0) is 22.6 Å². The van der Waals surface area contributed by atoms with E-state index in [9.17, 15) is 18.8 Å². The second-order valence-corrected chi connectivity index (χ2v) is 5.82. The molecule has 2 aromatic rings. The number of hydrogen-bond donors (Lipinski definition) is 2. The van der Waals surface area contributed by atoms with E-state index in [1.807, 2.05) is 0 Å². The maximum absolute atomic E-state index is 13.1. The summed E-state index contributed by atoms with van der Waals surface area (Å²) in [6, 6.07) is 7.03. The Morgan fingerprint density at radius 3 is 2.62 bits per heavy atom. The molecule has 0 aliphatic rings. The Bertz CT molecular complexity index is 831. The predicted octanol–water partition coefficient (Wildman–Crippen LogP) is 1.74. The molecule has 0 radical (unpaired) electrons. The molecule has 0 bridgehead atoms. The lowest BCUT2D eigenvalue weighted by Gasteiger charge is -2.16. The molecule has 0 aliphatic heterocycles. The van der Waals surface area contributed by atoms with Crippen molar-refractivity contribution in [2.24, 2.45) is 0 Å². The third-order valence-electron chi connectivity index (χ3n) is 3.71. The number of carbonyl (C=O) groups is 3. The highest BCUT2D eigenvalue weighted by Gasteiger charge is 2.17. The van der Waals surface area contributed by atoms with Crippen LogP contribution in [0.3, 0.4) is 0 Å². The molecule has 8 heteroatoms. The number of aryl methyl sites for hydroxylation is 1. The first-order chi connectivity index (χ1) is 12.3. The number of benzene rings is 1. The Balaban J connectivity index is 1.84. The number of amides is 2. The lowest BCUT2D eigenvalue weighted by Crippen LogP contribution is -2.38. The van der Waals surface area contributed by atoms with Gasteiger partial charge in [0.05, 0.1) is 19.5 Å². The van der Waals surface area contributed by atoms with Gasteiger partial charge in [0.15, 0.2) is 0 Å². The van der Waals surface area contributed by atoms with Crippen LogP contribution in [0, 0.1) is 12.7 Å². The lowest BCUT2D eigenvalue weighted by molar-refractivity contribution is -0.132. The molecular weight excluding hydrogens is 343 g/mol. The average Bonchev–Trinajstić information content (AvgIpc) is 2.93. The molecule has 2 amide bonds. The van der Waals surface area contributed by atoms with Crippen LogP contribution in [0.15, 0.2) is 34.7 Å². The van der Waals surface area contributed by atoms with Crippen molar-refractivity contribution in [1.82, 2.24) is 10.2 Å². The quantitative estimate of drug-likeness (QED) is 0.782. The van der Waals surface area contributed by atoms with Crippen molar-refractivity contribution in [1.29, 1.82) is 0 Å². The van der Waals surface area contributed by atoms with Crippen molar-refractivity contribution in [3.63, 3.8) is 0 Å². The monoisotopic (exact) mass is 362 g/mol. The van der Waals surface area contributed by atoms with Gasteiger partial charge >= 0.3 is 5.97 Å². The van der Waals surface area contributed by atoms with E-state index in [0.29, 0.717) is 11.3 Å². The standard InChI is InChI=1S/C18H19FN2O5/c1-11-15(18(24)25)8-14(26-11)10-21(2)17(23)9-20-16(22)7-12-4-3-5-13(19)6-12/h3-6,8H,7,9-10H2,1-2H3,(H,20,22)(H,24,25). The number of rotatable bonds is 7. The Morgan fingerprint density at radius 1 is 1.27 bits per heavy atom. The third-order valence-corrected chi connectivity index (χ3v) is 3.71. The van der Waals surface area contributed by atoms with Crippen LogP contribution in [0.25, 0.3) is 0 Å². The summed E-state index contributed by atoms with van der Waals surface area (Å²) in [5.41, 5.74) is 0.555. The third kappa shape index (κ3) is 5.17. The van der Waals surface area contributed by atoms with Gasteiger partial charge in [-0.1, -0.05) is 12.1 Å². The van der Waals surface area contributed by atoms with Gasteiger partial charge in [-0.05, 0) is 30.7 Å². The van der Waals surface area contributed by atoms with Crippen LogP contribution in [0.1, 0.15) is 27.4 Å². The number of carbonyl (C=O) groups excluding carboxylic acids is 2. The van der Waals surface area contributed by atoms with Crippen LogP contribution in [0.4, 0.5) is 4.39 Å². The molecule has 1 aromatic heterocycles. The summed E-state index contributed by atoms with van der Waals surface area (Å²) in [5.74, 6) is -1.71. The first-order valence-electron chi connectivity index (χ1n) is 7.84. The second kappa shape index (κ2) is 8.28. The minimum Gasteiger partial charge on any atom is -0.478 e. The van der Waals surface area contributed by atoms with Crippen molar-refractivity contribution in [3.05, 3.63) is 58.8 Å². The van der Waals surface area contributed by atoms with Gasteiger partial charge in [-0.15, -0.1) is 0 Å². The summed E-state index contributed by atoms with van der Waals surface area (Å²) in [6.45, 7) is 1.38. The fourth-order valence-electron chi connectivity index (χ4n) is 2.36. The van der Waals surface area contributed by atoms with E-state index < -0.39 is 17.7 Å². The molecule has 0 saturated heterocycles. The summed E-state index contributed by atoms with van der Waals surface area (Å²) >= 11 is 0. The SMILES string of the molecule is Cc1oc(CN(C)C(=O)CNC(=O)Cc2cccc(F)c2)cc1C(=O)O. The first-order valence-corrected chi connectivity index (χ1v) is 7.84. The summed E-state index contributed by atoms with van der Waals surface area (Å²) in [7, 11) is 1.51. The van der Waals surface area contributed by atoms with Gasteiger partial charge in [0.2, 0.25) is 11.8 Å². The van der Waals surface area contributed by atoms with Crippen molar-refractivity contribution in [3.8, 4) is 0 Å². The fraction of sp³-hybridized carbons (Fsp3) is 0.278. The highest BCUT2D eigenvalue weighted by atomic mass is 19.1. The van der Waals surface area contributed by atoms with Gasteiger partial charge in [0.1, 0.15) is 22.9 Å². The highest BCUT2D eigenvalue weighted by Crippen LogP contribution is 2.16. The molecule has 2 rings (SSSR count). The van der Waals surface area contributed by atoms with Crippen molar-refractivity contribution in [2.45, 2.75) is 19.9 Å². The van der Waals surface area contributed by atoms with E-state index in [2.05, 4.69) is 5.32 Å². The molecule has 0 unspecified atom stereocenters. The number of nitrogens with one attached hydrogen (secondary N) is 1. The van der Waals surface area contributed by atoms with Gasteiger partial charge in [-0.25, -0.2) is 9.18 Å². The van der Waals surface area contributed by atoms with Gasteiger partial charge in [-0.2, -0.15) is 0 Å². The first kappa shape index (κ1) is 19.2. The van der Waals surface area contributed by atoms with Crippen LogP contribution in [0.5, 0.6) is 0 Å². The summed E-state index contributed by atoms with van der Waals surface area (Å²) in [4.78, 5) is 36.2. The number of likely N-dealkylation sites (N-methyl/N-ethyl adjacent to an activating group) is 1. The van der Waals surface area contributed by atoms with Crippen LogP contribution in [0.2, 0.25) is 0 Å². The molecule has 138 valence electrons. The zero-order valence-electron chi connectivity index (χ0n) is 14.4. The molecule has 2 N–H and O–H groups in total. The number of carboxylic acid groups (broad SMARTS) is 1. The number of hydrogen-bond acceptors (Lipinski definition) is 4. The number of carboxylic acids is 1. The maximum Gasteiger partial charge on any atom is 0.339 e. The van der Waals surface area contributed by atoms with Crippen molar-refractivity contribution >= 4 is 17.8 Å². The minimum atomic E-state index is -1.10. The molecule has 1 aromatic carbocycles. The smallest absolute Gasteiger partial charge is 0.339 e. The number of nitrogens with zero attached hydrogens (tertiary/aromatic N) is 1. The van der Waals surface area contributed by atoms with Gasteiger partial charge in [0, 0.05) is 7.05 Å². The zero-order chi connectivity index (χ0) is 19.3. The second-order valence-electron chi connectivity index (χ2n) is 5.82. The molecule has 0 atom stereocenters. The molecule has 0 spiro atoms. The Morgan fingerprint density at radius 2 is 2.00 bits per heavy atom. The van der Waals surface area contributed by atoms with E-state index >= 15 is 0 Å². The van der Waals surface area contributed by atoms with E-state index in [1.54, 1.807) is 6.07 Å². The van der Waals surface area contributed by atoms with Gasteiger partial charge in [-0.3, -0.25) is 9.59 Å². The molecule has 0 saturated carbocycles. The van der Waals surface area contributed by atoms with Crippen LogP contribution < -0.4 is 5.32 Å². The highest BCUT2D eigenvalue weighted by molar-refractivity contribution is 5.89. The molecule has 26 heavy (non-hydrogen) atoms. The normalized spacial score (nSPS) is 10.4. The Labute approximate surface area is 149 Å². The fourth-order valence-corrected chi connectivity index (χ4v) is 2.36. The summed E-state index contributed by atoms with van der Waals surface area (Å²) < 4.78 is 18.4. The largest absolute Gasteiger partial charge is 0.478 e. The van der Waals surface area contributed by atoms with E-state index in [1.165, 1.54) is 43.1 Å². The average molecular weight is 362 g/mol. The van der Waals surface area contributed by atoms with Crippen LogP contribution >= 0.6 is 0 Å². The lowest BCUT2D eigenvalue weighted by atomic mass is 10.1. The predicted molar refractivity (Wildman–Crippen MR) is 90.0 cm³/mol. The maximum atomic E-state index is 13.1. The Kier molecular flexibility index (Phi) is 6.11. The molecular formula is C18H19FN2O5. The van der Waals surface area contributed by atoms with Gasteiger partial charge < -0.3 is 19.7 Å². The summed E-state index contributed by atoms with van der Waals surface area (Å²) in [6.07, 6.45) is -0.0336. The molecule has 0 aliphatic carbocycles. The van der Waals surface area contributed by atoms with E-state index in [4.69, 9.17) is 9.52 Å². The molecule has 7 nitrogen and oxygen atoms in total. The summed E-state index contributed by atoms with van der Waals surface area (Å²) in [5, 5.41) is 11.5. The number of furan rings is 1. The van der Waals surface area contributed by atoms with Crippen LogP contribution in [-0.4, -0.2) is 41.4 Å².